The van der Waals surface area contributed by atoms with E-state index >= 15 is 0 Å². The van der Waals surface area contributed by atoms with Crippen LogP contribution in [-0.4, -0.2) is 50.3 Å². The topological polar surface area (TPSA) is 46.1 Å². The van der Waals surface area contributed by atoms with E-state index in [1.54, 1.807) is 0 Å². The van der Waals surface area contributed by atoms with E-state index in [0.29, 0.717) is 12.7 Å². The van der Waals surface area contributed by atoms with Gasteiger partial charge in [-0.25, -0.2) is 0 Å². The van der Waals surface area contributed by atoms with Crippen molar-refractivity contribution >= 4 is 29.9 Å². The van der Waals surface area contributed by atoms with Crippen LogP contribution in [0.1, 0.15) is 57.1 Å². The molecule has 1 N–H and O–H groups in total. The number of guanidine groups is 1. The normalized spacial score (nSPS) is 20.5. The van der Waals surface area contributed by atoms with Crippen molar-refractivity contribution in [2.45, 2.75) is 65.2 Å². The van der Waals surface area contributed by atoms with Gasteiger partial charge in [0.1, 0.15) is 0 Å². The summed E-state index contributed by atoms with van der Waals surface area (Å²) in [6, 6.07) is 8.70. The first-order chi connectivity index (χ1) is 14.2. The summed E-state index contributed by atoms with van der Waals surface area (Å²) in [5.41, 5.74) is 2.51. The van der Waals surface area contributed by atoms with Gasteiger partial charge in [-0.15, -0.1) is 24.0 Å². The molecule has 0 spiro atoms. The second-order valence-electron chi connectivity index (χ2n) is 8.41. The summed E-state index contributed by atoms with van der Waals surface area (Å²) in [6.07, 6.45) is 6.19. The second-order valence-corrected chi connectivity index (χ2v) is 8.41. The molecular weight excluding hydrogens is 489 g/mol. The van der Waals surface area contributed by atoms with Gasteiger partial charge in [-0.2, -0.15) is 0 Å². The minimum Gasteiger partial charge on any atom is -0.381 e. The molecule has 2 saturated heterocycles. The van der Waals surface area contributed by atoms with E-state index in [-0.39, 0.29) is 24.0 Å². The zero-order chi connectivity index (χ0) is 20.5. The van der Waals surface area contributed by atoms with Crippen LogP contribution in [0.4, 0.5) is 0 Å². The van der Waals surface area contributed by atoms with Gasteiger partial charge in [0, 0.05) is 39.9 Å². The van der Waals surface area contributed by atoms with Gasteiger partial charge in [0.15, 0.2) is 5.96 Å². The van der Waals surface area contributed by atoms with Gasteiger partial charge in [-0.1, -0.05) is 51.0 Å². The number of hydrogen-bond acceptors (Lipinski definition) is 3. The van der Waals surface area contributed by atoms with E-state index in [9.17, 15) is 0 Å². The molecule has 30 heavy (non-hydrogen) atoms. The fraction of sp³-hybridized carbons (Fsp3) is 0.708. The van der Waals surface area contributed by atoms with Crippen molar-refractivity contribution in [2.24, 2.45) is 16.8 Å². The molecular formula is C24H40IN3O2. The average Bonchev–Trinajstić information content (AvgIpc) is 3.24. The van der Waals surface area contributed by atoms with Crippen molar-refractivity contribution < 1.29 is 9.47 Å². The van der Waals surface area contributed by atoms with Crippen LogP contribution in [0.3, 0.4) is 0 Å². The lowest BCUT2D eigenvalue weighted by Crippen LogP contribution is -2.40. The van der Waals surface area contributed by atoms with Gasteiger partial charge in [0.05, 0.1) is 12.7 Å². The van der Waals surface area contributed by atoms with Crippen molar-refractivity contribution in [3.05, 3.63) is 35.4 Å². The van der Waals surface area contributed by atoms with Gasteiger partial charge >= 0.3 is 0 Å². The Morgan fingerprint density at radius 3 is 2.63 bits per heavy atom. The van der Waals surface area contributed by atoms with E-state index in [1.807, 2.05) is 7.05 Å². The highest BCUT2D eigenvalue weighted by Crippen LogP contribution is 2.28. The molecule has 2 aliphatic heterocycles. The molecule has 170 valence electrons. The summed E-state index contributed by atoms with van der Waals surface area (Å²) in [5, 5.41) is 3.57. The maximum Gasteiger partial charge on any atom is 0.193 e. The molecule has 2 fully saturated rings. The lowest BCUT2D eigenvalue weighted by atomic mass is 9.87. The number of halogens is 1. The molecule has 5 nitrogen and oxygen atoms in total. The Labute approximate surface area is 200 Å². The molecule has 2 heterocycles. The highest BCUT2D eigenvalue weighted by Gasteiger charge is 2.29. The van der Waals surface area contributed by atoms with Crippen LogP contribution in [-0.2, 0) is 22.6 Å². The third kappa shape index (κ3) is 7.38. The Kier molecular flexibility index (Phi) is 11.5. The van der Waals surface area contributed by atoms with Crippen LogP contribution in [0.2, 0.25) is 0 Å². The molecule has 3 rings (SSSR count). The predicted octanol–water partition coefficient (Wildman–Crippen LogP) is 4.83. The van der Waals surface area contributed by atoms with Crippen molar-refractivity contribution in [1.82, 2.24) is 10.2 Å². The van der Waals surface area contributed by atoms with Gasteiger partial charge in [-0.3, -0.25) is 4.99 Å². The number of benzene rings is 1. The fourth-order valence-corrected chi connectivity index (χ4v) is 4.72. The molecule has 0 radical (unpaired) electrons. The number of aliphatic imine (C=N–C) groups is 1. The first kappa shape index (κ1) is 25.4. The number of nitrogens with zero attached hydrogens (tertiary/aromatic N) is 2. The van der Waals surface area contributed by atoms with Crippen LogP contribution in [0, 0.1) is 11.8 Å². The van der Waals surface area contributed by atoms with E-state index < -0.39 is 0 Å². The minimum absolute atomic E-state index is 0. The quantitative estimate of drug-likeness (QED) is 0.298. The smallest absolute Gasteiger partial charge is 0.193 e. The van der Waals surface area contributed by atoms with Crippen LogP contribution < -0.4 is 5.32 Å². The zero-order valence-corrected chi connectivity index (χ0v) is 21.3. The van der Waals surface area contributed by atoms with E-state index in [2.05, 4.69) is 53.3 Å². The summed E-state index contributed by atoms with van der Waals surface area (Å²) >= 11 is 0. The van der Waals surface area contributed by atoms with Crippen LogP contribution in [0.5, 0.6) is 0 Å². The van der Waals surface area contributed by atoms with Gasteiger partial charge in [0.25, 0.3) is 0 Å². The Hall–Kier alpha value is -0.860. The summed E-state index contributed by atoms with van der Waals surface area (Å²) < 4.78 is 11.5. The number of ether oxygens (including phenoxy) is 2. The maximum atomic E-state index is 6.08. The highest BCUT2D eigenvalue weighted by atomic mass is 127. The van der Waals surface area contributed by atoms with E-state index in [4.69, 9.17) is 9.47 Å². The van der Waals surface area contributed by atoms with Crippen LogP contribution in [0.25, 0.3) is 0 Å². The minimum atomic E-state index is 0. The first-order valence-electron chi connectivity index (χ1n) is 11.5. The summed E-state index contributed by atoms with van der Waals surface area (Å²) in [4.78, 5) is 6.98. The third-order valence-electron chi connectivity index (χ3n) is 6.55. The Balaban J connectivity index is 0.00000320. The molecule has 2 aliphatic rings. The van der Waals surface area contributed by atoms with Gasteiger partial charge in [0.2, 0.25) is 0 Å². The largest absolute Gasteiger partial charge is 0.381 e. The number of likely N-dealkylation sites (tertiary alicyclic amines) is 1. The summed E-state index contributed by atoms with van der Waals surface area (Å²) in [6.45, 7) is 10.0. The van der Waals surface area contributed by atoms with Gasteiger partial charge in [-0.05, 0) is 42.2 Å². The fourth-order valence-electron chi connectivity index (χ4n) is 4.72. The zero-order valence-electron chi connectivity index (χ0n) is 18.9. The molecule has 1 unspecified atom stereocenters. The standard InChI is InChI=1S/C24H39N3O2.HI/c1-4-21(5-2)22-9-12-27(17-22)24(25-3)26-16-19-7-6-8-20(15-19)18-29-23-10-13-28-14-11-23;/h6-8,15,21-23H,4-5,9-14,16-18H2,1-3H3,(H,25,26);1H. The van der Waals surface area contributed by atoms with Crippen LogP contribution >= 0.6 is 24.0 Å². The second kappa shape index (κ2) is 13.5. The molecule has 0 amide bonds. The number of rotatable bonds is 8. The Morgan fingerprint density at radius 2 is 1.93 bits per heavy atom. The molecule has 0 aliphatic carbocycles. The maximum absolute atomic E-state index is 6.08. The number of hydrogen-bond donors (Lipinski definition) is 1. The molecule has 1 aromatic rings. The van der Waals surface area contributed by atoms with Crippen LogP contribution in [0.15, 0.2) is 29.3 Å². The number of nitrogens with one attached hydrogen (secondary N) is 1. The molecule has 1 aromatic carbocycles. The third-order valence-corrected chi connectivity index (χ3v) is 6.55. The molecule has 0 aromatic heterocycles. The van der Waals surface area contributed by atoms with Gasteiger partial charge < -0.3 is 19.7 Å². The van der Waals surface area contributed by atoms with E-state index in [1.165, 1.54) is 30.4 Å². The lowest BCUT2D eigenvalue weighted by Gasteiger charge is -2.24. The monoisotopic (exact) mass is 529 g/mol. The molecule has 0 bridgehead atoms. The van der Waals surface area contributed by atoms with Crippen molar-refractivity contribution in [3.8, 4) is 0 Å². The highest BCUT2D eigenvalue weighted by molar-refractivity contribution is 14.0. The molecule has 0 saturated carbocycles. The summed E-state index contributed by atoms with van der Waals surface area (Å²) in [7, 11) is 1.89. The first-order valence-corrected chi connectivity index (χ1v) is 11.5. The van der Waals surface area contributed by atoms with E-state index in [0.717, 1.165) is 63.5 Å². The SMILES string of the molecule is CCC(CC)C1CCN(C(=NC)NCc2cccc(COC3CCOCC3)c2)C1.I. The predicted molar refractivity (Wildman–Crippen MR) is 134 cm³/mol. The van der Waals surface area contributed by atoms with Crippen molar-refractivity contribution in [3.63, 3.8) is 0 Å². The summed E-state index contributed by atoms with van der Waals surface area (Å²) in [5.74, 6) is 2.67. The lowest BCUT2D eigenvalue weighted by molar-refractivity contribution is -0.0390. The van der Waals surface area contributed by atoms with Crippen molar-refractivity contribution in [2.75, 3.05) is 33.4 Å². The Bertz CT molecular complexity index is 645. The average molecular weight is 530 g/mol. The Morgan fingerprint density at radius 1 is 1.20 bits per heavy atom. The van der Waals surface area contributed by atoms with Crippen molar-refractivity contribution in [1.29, 1.82) is 0 Å². The molecule has 6 heteroatoms. The molecule has 1 atom stereocenters.